The van der Waals surface area contributed by atoms with Crippen LogP contribution in [0.15, 0.2) is 42.6 Å². The number of carbonyl (C=O) groups is 2. The number of aryl methyl sites for hydroxylation is 1. The molecule has 1 aromatic carbocycles. The van der Waals surface area contributed by atoms with Gasteiger partial charge in [0.05, 0.1) is 6.61 Å². The predicted octanol–water partition coefficient (Wildman–Crippen LogP) is 2.07. The van der Waals surface area contributed by atoms with Crippen LogP contribution in [0.3, 0.4) is 0 Å². The average molecular weight is 327 g/mol. The first-order chi connectivity index (χ1) is 11.5. The Morgan fingerprint density at radius 3 is 2.75 bits per heavy atom. The number of ether oxygens (including phenoxy) is 1. The second kappa shape index (κ2) is 8.10. The molecule has 0 saturated heterocycles. The van der Waals surface area contributed by atoms with Crippen LogP contribution in [-0.2, 0) is 16.1 Å². The van der Waals surface area contributed by atoms with Crippen molar-refractivity contribution in [3.8, 4) is 5.88 Å². The smallest absolute Gasteiger partial charge is 0.316 e. The highest BCUT2D eigenvalue weighted by molar-refractivity contribution is 6.40. The van der Waals surface area contributed by atoms with Gasteiger partial charge in [0, 0.05) is 31.0 Å². The Morgan fingerprint density at radius 2 is 2.04 bits per heavy atom. The largest absolute Gasteiger partial charge is 0.478 e. The van der Waals surface area contributed by atoms with Gasteiger partial charge in [-0.15, -0.1) is 0 Å². The van der Waals surface area contributed by atoms with E-state index in [9.17, 15) is 9.59 Å². The number of carbonyl (C=O) groups excluding carboxylic acids is 2. The first kappa shape index (κ1) is 17.5. The van der Waals surface area contributed by atoms with Gasteiger partial charge in [0.25, 0.3) is 0 Å². The van der Waals surface area contributed by atoms with Crippen molar-refractivity contribution in [2.24, 2.45) is 0 Å². The molecule has 0 aliphatic heterocycles. The van der Waals surface area contributed by atoms with Crippen molar-refractivity contribution >= 4 is 17.5 Å². The summed E-state index contributed by atoms with van der Waals surface area (Å²) >= 11 is 0. The Morgan fingerprint density at radius 1 is 1.25 bits per heavy atom. The SMILES string of the molecule is CCOc1ncccc1CNC(=O)C(=O)N(C)c1cccc(C)c1. The Hall–Kier alpha value is -2.89. The fraction of sp³-hybridized carbons (Fsp3) is 0.278. The molecular weight excluding hydrogens is 306 g/mol. The number of likely N-dealkylation sites (N-methyl/N-ethyl adjacent to an activating group) is 1. The summed E-state index contributed by atoms with van der Waals surface area (Å²) in [4.78, 5) is 29.8. The molecule has 0 bridgehead atoms. The van der Waals surface area contributed by atoms with Crippen LogP contribution in [-0.4, -0.2) is 30.5 Å². The second-order valence-electron chi connectivity index (χ2n) is 5.29. The van der Waals surface area contributed by atoms with E-state index >= 15 is 0 Å². The van der Waals surface area contributed by atoms with Crippen LogP contribution in [0.2, 0.25) is 0 Å². The minimum Gasteiger partial charge on any atom is -0.478 e. The molecule has 0 spiro atoms. The van der Waals surface area contributed by atoms with E-state index in [0.29, 0.717) is 18.2 Å². The van der Waals surface area contributed by atoms with Gasteiger partial charge in [0.1, 0.15) is 0 Å². The zero-order chi connectivity index (χ0) is 17.5. The third-order valence-electron chi connectivity index (χ3n) is 3.46. The molecule has 126 valence electrons. The number of anilines is 1. The number of rotatable bonds is 5. The topological polar surface area (TPSA) is 71.5 Å². The number of amides is 2. The summed E-state index contributed by atoms with van der Waals surface area (Å²) in [5.41, 5.74) is 2.41. The molecule has 0 aliphatic carbocycles. The summed E-state index contributed by atoms with van der Waals surface area (Å²) in [6, 6.07) is 11.0. The van der Waals surface area contributed by atoms with Crippen LogP contribution in [0, 0.1) is 6.92 Å². The molecule has 0 saturated carbocycles. The Kier molecular flexibility index (Phi) is 5.89. The number of nitrogens with zero attached hydrogens (tertiary/aromatic N) is 2. The fourth-order valence-electron chi connectivity index (χ4n) is 2.18. The van der Waals surface area contributed by atoms with Gasteiger partial charge < -0.3 is 15.0 Å². The van der Waals surface area contributed by atoms with Crippen molar-refractivity contribution in [3.05, 3.63) is 53.7 Å². The van der Waals surface area contributed by atoms with Gasteiger partial charge in [-0.05, 0) is 37.6 Å². The third-order valence-corrected chi connectivity index (χ3v) is 3.46. The van der Waals surface area contributed by atoms with Gasteiger partial charge in [-0.25, -0.2) is 4.98 Å². The van der Waals surface area contributed by atoms with E-state index in [1.807, 2.05) is 32.0 Å². The van der Waals surface area contributed by atoms with E-state index in [2.05, 4.69) is 10.3 Å². The lowest BCUT2D eigenvalue weighted by molar-refractivity contribution is -0.137. The standard InChI is InChI=1S/C18H21N3O3/c1-4-24-17-14(8-6-10-19-17)12-20-16(22)18(23)21(3)15-9-5-7-13(2)11-15/h5-11H,4,12H2,1-3H3,(H,20,22). The van der Waals surface area contributed by atoms with Crippen LogP contribution in [0.4, 0.5) is 5.69 Å². The van der Waals surface area contributed by atoms with Crippen LogP contribution in [0.1, 0.15) is 18.1 Å². The van der Waals surface area contributed by atoms with Crippen molar-refractivity contribution in [3.63, 3.8) is 0 Å². The van der Waals surface area contributed by atoms with Crippen molar-refractivity contribution in [2.45, 2.75) is 20.4 Å². The summed E-state index contributed by atoms with van der Waals surface area (Å²) in [5, 5.41) is 2.61. The molecule has 0 fully saturated rings. The van der Waals surface area contributed by atoms with Gasteiger partial charge in [0.15, 0.2) is 0 Å². The average Bonchev–Trinajstić information content (AvgIpc) is 2.59. The summed E-state index contributed by atoms with van der Waals surface area (Å²) in [6.45, 7) is 4.44. The highest BCUT2D eigenvalue weighted by Gasteiger charge is 2.20. The molecule has 6 heteroatoms. The van der Waals surface area contributed by atoms with Crippen molar-refractivity contribution < 1.29 is 14.3 Å². The quantitative estimate of drug-likeness (QED) is 0.854. The van der Waals surface area contributed by atoms with Gasteiger partial charge in [-0.3, -0.25) is 9.59 Å². The molecule has 24 heavy (non-hydrogen) atoms. The summed E-state index contributed by atoms with van der Waals surface area (Å²) in [7, 11) is 1.58. The Labute approximate surface area is 141 Å². The zero-order valence-electron chi connectivity index (χ0n) is 14.1. The maximum Gasteiger partial charge on any atom is 0.316 e. The molecule has 1 N–H and O–H groups in total. The van der Waals surface area contributed by atoms with E-state index in [4.69, 9.17) is 4.74 Å². The number of benzene rings is 1. The minimum absolute atomic E-state index is 0.176. The zero-order valence-corrected chi connectivity index (χ0v) is 14.1. The second-order valence-corrected chi connectivity index (χ2v) is 5.29. The van der Waals surface area contributed by atoms with Gasteiger partial charge in [-0.1, -0.05) is 18.2 Å². The lowest BCUT2D eigenvalue weighted by Gasteiger charge is -2.17. The van der Waals surface area contributed by atoms with Crippen molar-refractivity contribution in [2.75, 3.05) is 18.6 Å². The van der Waals surface area contributed by atoms with E-state index in [1.54, 1.807) is 31.4 Å². The van der Waals surface area contributed by atoms with Gasteiger partial charge in [-0.2, -0.15) is 0 Å². The first-order valence-corrected chi connectivity index (χ1v) is 7.72. The summed E-state index contributed by atoms with van der Waals surface area (Å²) < 4.78 is 5.40. The molecule has 0 unspecified atom stereocenters. The number of nitrogens with one attached hydrogen (secondary N) is 1. The van der Waals surface area contributed by atoms with Crippen LogP contribution in [0.5, 0.6) is 5.88 Å². The number of pyridine rings is 1. The molecule has 2 aromatic rings. The van der Waals surface area contributed by atoms with Gasteiger partial charge >= 0.3 is 11.8 Å². The number of hydrogen-bond acceptors (Lipinski definition) is 4. The molecular formula is C18H21N3O3. The van der Waals surface area contributed by atoms with Crippen molar-refractivity contribution in [1.82, 2.24) is 10.3 Å². The van der Waals surface area contributed by atoms with E-state index in [1.165, 1.54) is 4.90 Å². The first-order valence-electron chi connectivity index (χ1n) is 7.72. The van der Waals surface area contributed by atoms with E-state index in [0.717, 1.165) is 11.1 Å². The molecule has 0 radical (unpaired) electrons. The molecule has 1 heterocycles. The monoisotopic (exact) mass is 327 g/mol. The lowest BCUT2D eigenvalue weighted by atomic mass is 10.2. The molecule has 6 nitrogen and oxygen atoms in total. The predicted molar refractivity (Wildman–Crippen MR) is 91.8 cm³/mol. The molecule has 1 aromatic heterocycles. The molecule has 0 atom stereocenters. The lowest BCUT2D eigenvalue weighted by Crippen LogP contribution is -2.40. The number of hydrogen-bond donors (Lipinski definition) is 1. The normalized spacial score (nSPS) is 10.1. The minimum atomic E-state index is -0.676. The molecule has 0 aliphatic rings. The van der Waals surface area contributed by atoms with Crippen LogP contribution < -0.4 is 15.0 Å². The van der Waals surface area contributed by atoms with Gasteiger partial charge in [0.2, 0.25) is 5.88 Å². The van der Waals surface area contributed by atoms with E-state index in [-0.39, 0.29) is 6.54 Å². The Bertz CT molecular complexity index is 731. The summed E-state index contributed by atoms with van der Waals surface area (Å²) in [6.07, 6.45) is 1.62. The Balaban J connectivity index is 2.01. The maximum atomic E-state index is 12.3. The molecule has 2 amide bonds. The highest BCUT2D eigenvalue weighted by atomic mass is 16.5. The molecule has 2 rings (SSSR count). The van der Waals surface area contributed by atoms with E-state index < -0.39 is 11.8 Å². The maximum absolute atomic E-state index is 12.3. The van der Waals surface area contributed by atoms with Crippen LogP contribution in [0.25, 0.3) is 0 Å². The summed E-state index contributed by atoms with van der Waals surface area (Å²) in [5.74, 6) is -0.840. The van der Waals surface area contributed by atoms with Crippen LogP contribution >= 0.6 is 0 Å². The highest BCUT2D eigenvalue weighted by Crippen LogP contribution is 2.15. The van der Waals surface area contributed by atoms with Crippen molar-refractivity contribution in [1.29, 1.82) is 0 Å². The fourth-order valence-corrected chi connectivity index (χ4v) is 2.18. The number of aromatic nitrogens is 1. The third kappa shape index (κ3) is 4.32.